The number of hydrogen-bond acceptors (Lipinski definition) is 3. The average molecular weight is 285 g/mol. The van der Waals surface area contributed by atoms with Crippen LogP contribution in [0.25, 0.3) is 10.8 Å². The predicted molar refractivity (Wildman–Crippen MR) is 90.5 cm³/mol. The van der Waals surface area contributed by atoms with Crippen molar-refractivity contribution < 1.29 is 0 Å². The minimum absolute atomic E-state index is 0.0375. The third-order valence-electron chi connectivity index (χ3n) is 4.60. The Morgan fingerprint density at radius 1 is 1.19 bits per heavy atom. The molecule has 21 heavy (non-hydrogen) atoms. The molecule has 2 rings (SSSR count). The number of likely N-dealkylation sites (N-methyl/N-ethyl adjacent to an activating group) is 2. The van der Waals surface area contributed by atoms with Crippen LogP contribution in [0.2, 0.25) is 0 Å². The first-order valence-electron chi connectivity index (χ1n) is 7.81. The summed E-state index contributed by atoms with van der Waals surface area (Å²) in [5.41, 5.74) is 1.38. The average Bonchev–Trinajstić information content (AvgIpc) is 2.49. The van der Waals surface area contributed by atoms with E-state index in [1.54, 1.807) is 0 Å². The van der Waals surface area contributed by atoms with Crippen molar-refractivity contribution in [2.45, 2.75) is 39.3 Å². The van der Waals surface area contributed by atoms with Gasteiger partial charge in [0.15, 0.2) is 0 Å². The minimum atomic E-state index is 0.0375. The van der Waals surface area contributed by atoms with Gasteiger partial charge in [0.2, 0.25) is 0 Å². The Balaban J connectivity index is 2.54. The maximum atomic E-state index is 4.24. The van der Waals surface area contributed by atoms with Gasteiger partial charge in [-0.2, -0.15) is 0 Å². The van der Waals surface area contributed by atoms with Crippen molar-refractivity contribution >= 4 is 10.8 Å². The molecule has 1 aromatic heterocycles. The van der Waals surface area contributed by atoms with Crippen LogP contribution in [0.5, 0.6) is 0 Å². The highest BCUT2D eigenvalue weighted by Crippen LogP contribution is 2.34. The first-order valence-corrected chi connectivity index (χ1v) is 7.81. The molecule has 0 saturated carbocycles. The van der Waals surface area contributed by atoms with Gasteiger partial charge in [-0.15, -0.1) is 0 Å². The lowest BCUT2D eigenvalue weighted by atomic mass is 9.85. The molecule has 1 heterocycles. The monoisotopic (exact) mass is 285 g/mol. The van der Waals surface area contributed by atoms with Crippen molar-refractivity contribution in [3.63, 3.8) is 0 Å². The van der Waals surface area contributed by atoms with Gasteiger partial charge in [0, 0.05) is 23.3 Å². The predicted octanol–water partition coefficient (Wildman–Crippen LogP) is 3.62. The van der Waals surface area contributed by atoms with Crippen LogP contribution >= 0.6 is 0 Å². The fourth-order valence-electron chi connectivity index (χ4n) is 3.51. The molecular formula is C18H27N3. The smallest absolute Gasteiger partial charge is 0.0505 e. The highest BCUT2D eigenvalue weighted by molar-refractivity contribution is 5.85. The lowest BCUT2D eigenvalue weighted by Crippen LogP contribution is -2.52. The summed E-state index contributed by atoms with van der Waals surface area (Å²) >= 11 is 0. The zero-order valence-corrected chi connectivity index (χ0v) is 13.9. The summed E-state index contributed by atoms with van der Waals surface area (Å²) in [5, 5.41) is 6.02. The van der Waals surface area contributed by atoms with Crippen LogP contribution in [-0.2, 0) is 0 Å². The third kappa shape index (κ3) is 2.94. The Hall–Kier alpha value is -1.45. The van der Waals surface area contributed by atoms with Gasteiger partial charge in [-0.25, -0.2) is 0 Å². The Bertz CT molecular complexity index is 583. The summed E-state index contributed by atoms with van der Waals surface area (Å²) in [6.07, 6.45) is 3.82. The number of aromatic nitrogens is 1. The van der Waals surface area contributed by atoms with Gasteiger partial charge >= 0.3 is 0 Å². The maximum absolute atomic E-state index is 4.24. The summed E-state index contributed by atoms with van der Waals surface area (Å²) in [6.45, 7) is 11.2. The van der Waals surface area contributed by atoms with E-state index in [0.29, 0.717) is 0 Å². The van der Waals surface area contributed by atoms with Crippen molar-refractivity contribution in [2.75, 3.05) is 20.1 Å². The van der Waals surface area contributed by atoms with Crippen molar-refractivity contribution in [3.05, 3.63) is 42.2 Å². The summed E-state index contributed by atoms with van der Waals surface area (Å²) in [7, 11) is 2.05. The Morgan fingerprint density at radius 2 is 1.90 bits per heavy atom. The molecule has 114 valence electrons. The van der Waals surface area contributed by atoms with E-state index >= 15 is 0 Å². The number of nitrogens with zero attached hydrogens (tertiary/aromatic N) is 2. The molecule has 0 saturated heterocycles. The molecule has 1 N–H and O–H groups in total. The van der Waals surface area contributed by atoms with Crippen LogP contribution in [0.3, 0.4) is 0 Å². The number of pyridine rings is 1. The fraction of sp³-hybridized carbons (Fsp3) is 0.500. The lowest BCUT2D eigenvalue weighted by molar-refractivity contribution is 0.0950. The largest absolute Gasteiger partial charge is 0.311 e. The molecule has 0 bridgehead atoms. The van der Waals surface area contributed by atoms with Gasteiger partial charge in [0.1, 0.15) is 0 Å². The Kier molecular flexibility index (Phi) is 4.96. The Labute approximate surface area is 128 Å². The highest BCUT2D eigenvalue weighted by atomic mass is 15.2. The normalized spacial score (nSPS) is 13.8. The molecule has 3 nitrogen and oxygen atoms in total. The second-order valence-electron chi connectivity index (χ2n) is 5.99. The number of rotatable bonds is 6. The molecule has 0 aliphatic carbocycles. The van der Waals surface area contributed by atoms with Crippen molar-refractivity contribution in [1.82, 2.24) is 15.2 Å². The van der Waals surface area contributed by atoms with Crippen LogP contribution in [0.1, 0.15) is 39.3 Å². The highest BCUT2D eigenvalue weighted by Gasteiger charge is 2.34. The third-order valence-corrected chi connectivity index (χ3v) is 4.60. The molecule has 1 unspecified atom stereocenters. The topological polar surface area (TPSA) is 28.2 Å². The second-order valence-corrected chi connectivity index (χ2v) is 5.99. The van der Waals surface area contributed by atoms with E-state index in [9.17, 15) is 0 Å². The minimum Gasteiger partial charge on any atom is -0.311 e. The molecule has 3 heteroatoms. The zero-order chi connectivity index (χ0) is 15.5. The summed E-state index contributed by atoms with van der Waals surface area (Å²) in [6, 6.07) is 8.87. The number of nitrogens with one attached hydrogen (secondary N) is 1. The SMILES string of the molecule is CCN(CC)C(C)(C)C(NC)c1cccc2cnccc12. The first-order chi connectivity index (χ1) is 10.1. The lowest BCUT2D eigenvalue weighted by Gasteiger charge is -2.44. The molecule has 0 aliphatic heterocycles. The van der Waals surface area contributed by atoms with Crippen LogP contribution in [0.15, 0.2) is 36.7 Å². The summed E-state index contributed by atoms with van der Waals surface area (Å²) < 4.78 is 0. The van der Waals surface area contributed by atoms with Gasteiger partial charge in [-0.3, -0.25) is 9.88 Å². The molecule has 2 aromatic rings. The summed E-state index contributed by atoms with van der Waals surface area (Å²) in [4.78, 5) is 6.75. The second kappa shape index (κ2) is 6.54. The first kappa shape index (κ1) is 15.9. The molecule has 1 atom stereocenters. The van der Waals surface area contributed by atoms with E-state index in [1.165, 1.54) is 16.3 Å². The molecule has 0 aliphatic rings. The molecule has 0 spiro atoms. The molecule has 0 radical (unpaired) electrons. The summed E-state index contributed by atoms with van der Waals surface area (Å²) in [5.74, 6) is 0. The van der Waals surface area contributed by atoms with Gasteiger partial charge < -0.3 is 5.32 Å². The van der Waals surface area contributed by atoms with Crippen LogP contribution in [0.4, 0.5) is 0 Å². The zero-order valence-electron chi connectivity index (χ0n) is 13.9. The van der Waals surface area contributed by atoms with E-state index in [-0.39, 0.29) is 11.6 Å². The van der Waals surface area contributed by atoms with Crippen LogP contribution < -0.4 is 5.32 Å². The van der Waals surface area contributed by atoms with E-state index < -0.39 is 0 Å². The van der Waals surface area contributed by atoms with Crippen molar-refractivity contribution in [2.24, 2.45) is 0 Å². The number of hydrogen-bond donors (Lipinski definition) is 1. The van der Waals surface area contributed by atoms with E-state index in [4.69, 9.17) is 0 Å². The van der Waals surface area contributed by atoms with Gasteiger partial charge in [-0.05, 0) is 51.0 Å². The van der Waals surface area contributed by atoms with Crippen molar-refractivity contribution in [3.8, 4) is 0 Å². The number of fused-ring (bicyclic) bond motifs is 1. The van der Waals surface area contributed by atoms with Gasteiger partial charge in [0.05, 0.1) is 6.04 Å². The molecule has 0 amide bonds. The van der Waals surface area contributed by atoms with Crippen molar-refractivity contribution in [1.29, 1.82) is 0 Å². The van der Waals surface area contributed by atoms with Crippen LogP contribution in [0, 0.1) is 0 Å². The molecular weight excluding hydrogens is 258 g/mol. The van der Waals surface area contributed by atoms with E-state index in [0.717, 1.165) is 13.1 Å². The Morgan fingerprint density at radius 3 is 2.52 bits per heavy atom. The standard InChI is InChI=1S/C18H27N3/c1-6-21(7-2)18(3,4)17(19-5)16-10-8-9-14-13-20-12-11-15(14)16/h8-13,17,19H,6-7H2,1-5H3. The molecule has 0 fully saturated rings. The fourth-order valence-corrected chi connectivity index (χ4v) is 3.51. The van der Waals surface area contributed by atoms with Gasteiger partial charge in [-0.1, -0.05) is 32.0 Å². The van der Waals surface area contributed by atoms with Gasteiger partial charge in [0.25, 0.3) is 0 Å². The van der Waals surface area contributed by atoms with E-state index in [2.05, 4.69) is 74.2 Å². The van der Waals surface area contributed by atoms with E-state index in [1.807, 2.05) is 12.4 Å². The van der Waals surface area contributed by atoms with Crippen LogP contribution in [-0.4, -0.2) is 35.6 Å². The maximum Gasteiger partial charge on any atom is 0.0505 e. The number of benzene rings is 1. The quantitative estimate of drug-likeness (QED) is 0.878. The molecule has 1 aromatic carbocycles.